The summed E-state index contributed by atoms with van der Waals surface area (Å²) in [5.41, 5.74) is 2.43. The number of nitrogens with zero attached hydrogens (tertiary/aromatic N) is 1. The lowest BCUT2D eigenvalue weighted by Gasteiger charge is -1.93. The first-order valence-corrected chi connectivity index (χ1v) is 4.62. The predicted octanol–water partition coefficient (Wildman–Crippen LogP) is 2.60. The molecule has 12 heavy (non-hydrogen) atoms. The first-order valence-electron chi connectivity index (χ1n) is 3.50. The maximum absolute atomic E-state index is 12.7. The summed E-state index contributed by atoms with van der Waals surface area (Å²) >= 11 is 3.31. The van der Waals surface area contributed by atoms with Gasteiger partial charge in [0.2, 0.25) is 0 Å². The summed E-state index contributed by atoms with van der Waals surface area (Å²) in [5.74, 6) is 0. The van der Waals surface area contributed by atoms with Crippen molar-refractivity contribution in [3.05, 3.63) is 29.8 Å². The average molecular weight is 229 g/mol. The molecule has 1 aromatic carbocycles. The fourth-order valence-corrected chi connectivity index (χ4v) is 1.62. The number of halogens is 2. The van der Waals surface area contributed by atoms with Gasteiger partial charge in [0.05, 0.1) is 11.0 Å². The number of para-hydroxylation sites is 1. The van der Waals surface area contributed by atoms with Crippen LogP contribution < -0.4 is 0 Å². The highest BCUT2D eigenvalue weighted by molar-refractivity contribution is 9.08. The van der Waals surface area contributed by atoms with E-state index in [1.165, 1.54) is 0 Å². The molecule has 0 amide bonds. The van der Waals surface area contributed by atoms with Crippen LogP contribution in [0.4, 0.5) is 4.39 Å². The third kappa shape index (κ3) is 1.12. The Labute approximate surface area is 76.9 Å². The fraction of sp³-hybridized carbons (Fsp3) is 0.125. The highest BCUT2D eigenvalue weighted by atomic mass is 79.9. The van der Waals surface area contributed by atoms with Gasteiger partial charge in [-0.3, -0.25) is 0 Å². The van der Waals surface area contributed by atoms with Gasteiger partial charge < -0.3 is 4.98 Å². The van der Waals surface area contributed by atoms with Crippen LogP contribution in [0.1, 0.15) is 5.56 Å². The summed E-state index contributed by atoms with van der Waals surface area (Å²) < 4.78 is 12.7. The molecule has 0 bridgehead atoms. The third-order valence-electron chi connectivity index (χ3n) is 1.71. The summed E-state index contributed by atoms with van der Waals surface area (Å²) in [6.45, 7) is 0. The number of H-pyrrole nitrogens is 1. The van der Waals surface area contributed by atoms with Gasteiger partial charge in [-0.2, -0.15) is 4.39 Å². The molecule has 0 fully saturated rings. The predicted molar refractivity (Wildman–Crippen MR) is 48.7 cm³/mol. The number of nitrogens with one attached hydrogen (secondary N) is 1. The maximum Gasteiger partial charge on any atom is 0.287 e. The molecular formula is C8H6BrFN2. The molecule has 0 spiro atoms. The molecule has 0 saturated heterocycles. The summed E-state index contributed by atoms with van der Waals surface area (Å²) in [6.07, 6.45) is -0.529. The van der Waals surface area contributed by atoms with Crippen LogP contribution >= 0.6 is 15.9 Å². The van der Waals surface area contributed by atoms with Gasteiger partial charge in [0.25, 0.3) is 6.08 Å². The molecule has 1 heterocycles. The van der Waals surface area contributed by atoms with Crippen LogP contribution in [0.25, 0.3) is 11.0 Å². The van der Waals surface area contributed by atoms with Crippen molar-refractivity contribution in [3.8, 4) is 0 Å². The second kappa shape index (κ2) is 2.86. The number of aromatic amines is 1. The molecule has 62 valence electrons. The standard InChI is InChI=1S/C8H6BrFN2/c9-4-5-2-1-3-6-7(5)12-8(10)11-6/h1-3H,4H2,(H,11,12). The van der Waals surface area contributed by atoms with Crippen molar-refractivity contribution in [2.75, 3.05) is 0 Å². The lowest BCUT2D eigenvalue weighted by Crippen LogP contribution is -1.79. The summed E-state index contributed by atoms with van der Waals surface area (Å²) in [4.78, 5) is 6.27. The van der Waals surface area contributed by atoms with Crippen molar-refractivity contribution in [1.29, 1.82) is 0 Å². The van der Waals surface area contributed by atoms with E-state index >= 15 is 0 Å². The number of hydrogen-bond donors (Lipinski definition) is 1. The Morgan fingerprint density at radius 2 is 2.33 bits per heavy atom. The van der Waals surface area contributed by atoms with E-state index in [2.05, 4.69) is 25.9 Å². The second-order valence-corrected chi connectivity index (χ2v) is 3.04. The van der Waals surface area contributed by atoms with Gasteiger partial charge in [-0.25, -0.2) is 4.98 Å². The lowest BCUT2D eigenvalue weighted by atomic mass is 10.2. The Hall–Kier alpha value is -0.900. The first-order chi connectivity index (χ1) is 5.81. The number of hydrogen-bond acceptors (Lipinski definition) is 1. The van der Waals surface area contributed by atoms with Crippen LogP contribution in [0.2, 0.25) is 0 Å². The zero-order chi connectivity index (χ0) is 8.55. The molecule has 2 aromatic rings. The minimum absolute atomic E-state index is 0.529. The minimum Gasteiger partial charge on any atom is -0.314 e. The van der Waals surface area contributed by atoms with Crippen LogP contribution in [-0.4, -0.2) is 9.97 Å². The maximum atomic E-state index is 12.7. The zero-order valence-corrected chi connectivity index (χ0v) is 7.73. The van der Waals surface area contributed by atoms with E-state index in [0.717, 1.165) is 11.1 Å². The highest BCUT2D eigenvalue weighted by Gasteiger charge is 2.04. The van der Waals surface area contributed by atoms with Crippen LogP contribution in [0.3, 0.4) is 0 Å². The van der Waals surface area contributed by atoms with E-state index in [1.807, 2.05) is 12.1 Å². The number of aromatic nitrogens is 2. The van der Waals surface area contributed by atoms with Gasteiger partial charge in [-0.1, -0.05) is 28.1 Å². The van der Waals surface area contributed by atoms with Gasteiger partial charge >= 0.3 is 0 Å². The Morgan fingerprint density at radius 1 is 1.50 bits per heavy atom. The Morgan fingerprint density at radius 3 is 3.08 bits per heavy atom. The van der Waals surface area contributed by atoms with Crippen molar-refractivity contribution in [1.82, 2.24) is 9.97 Å². The van der Waals surface area contributed by atoms with Gasteiger partial charge in [-0.05, 0) is 11.6 Å². The molecule has 0 aliphatic heterocycles. The number of fused-ring (bicyclic) bond motifs is 1. The van der Waals surface area contributed by atoms with Crippen molar-refractivity contribution in [2.24, 2.45) is 0 Å². The summed E-state index contributed by atoms with van der Waals surface area (Å²) in [7, 11) is 0. The van der Waals surface area contributed by atoms with Crippen LogP contribution in [0.5, 0.6) is 0 Å². The smallest absolute Gasteiger partial charge is 0.287 e. The normalized spacial score (nSPS) is 10.8. The Bertz CT molecular complexity index is 410. The van der Waals surface area contributed by atoms with E-state index in [0.29, 0.717) is 10.8 Å². The van der Waals surface area contributed by atoms with E-state index in [-0.39, 0.29) is 0 Å². The fourth-order valence-electron chi connectivity index (χ4n) is 1.17. The zero-order valence-electron chi connectivity index (χ0n) is 6.14. The van der Waals surface area contributed by atoms with Gasteiger partial charge in [-0.15, -0.1) is 0 Å². The monoisotopic (exact) mass is 228 g/mol. The molecule has 2 rings (SSSR count). The minimum atomic E-state index is -0.529. The number of rotatable bonds is 1. The molecular weight excluding hydrogens is 223 g/mol. The number of alkyl halides is 1. The van der Waals surface area contributed by atoms with Gasteiger partial charge in [0.15, 0.2) is 0 Å². The molecule has 0 aliphatic rings. The molecule has 0 unspecified atom stereocenters. The molecule has 1 N–H and O–H groups in total. The summed E-state index contributed by atoms with van der Waals surface area (Å²) in [6, 6.07) is 5.59. The average Bonchev–Trinajstić information content (AvgIpc) is 2.44. The first kappa shape index (κ1) is 7.73. The molecule has 0 radical (unpaired) electrons. The second-order valence-electron chi connectivity index (χ2n) is 2.47. The molecule has 0 aliphatic carbocycles. The number of benzene rings is 1. The third-order valence-corrected chi connectivity index (χ3v) is 2.32. The van der Waals surface area contributed by atoms with E-state index in [4.69, 9.17) is 0 Å². The van der Waals surface area contributed by atoms with Crippen molar-refractivity contribution >= 4 is 27.0 Å². The van der Waals surface area contributed by atoms with Crippen molar-refractivity contribution in [2.45, 2.75) is 5.33 Å². The quantitative estimate of drug-likeness (QED) is 0.748. The summed E-state index contributed by atoms with van der Waals surface area (Å²) in [5, 5.41) is 0.689. The van der Waals surface area contributed by atoms with E-state index < -0.39 is 6.08 Å². The lowest BCUT2D eigenvalue weighted by molar-refractivity contribution is 0.556. The van der Waals surface area contributed by atoms with E-state index in [9.17, 15) is 4.39 Å². The van der Waals surface area contributed by atoms with Crippen LogP contribution in [-0.2, 0) is 5.33 Å². The largest absolute Gasteiger partial charge is 0.314 e. The van der Waals surface area contributed by atoms with Gasteiger partial charge in [0, 0.05) is 5.33 Å². The molecule has 1 aromatic heterocycles. The molecule has 0 saturated carbocycles. The van der Waals surface area contributed by atoms with Gasteiger partial charge in [0.1, 0.15) is 0 Å². The van der Waals surface area contributed by atoms with Crippen molar-refractivity contribution in [3.63, 3.8) is 0 Å². The Balaban J connectivity index is 2.78. The topological polar surface area (TPSA) is 28.7 Å². The molecule has 4 heteroatoms. The van der Waals surface area contributed by atoms with Crippen LogP contribution in [0.15, 0.2) is 18.2 Å². The van der Waals surface area contributed by atoms with Crippen LogP contribution in [0, 0.1) is 6.08 Å². The molecule has 0 atom stereocenters. The molecule has 2 nitrogen and oxygen atoms in total. The SMILES string of the molecule is Fc1nc2c(CBr)cccc2[nH]1. The Kier molecular flexibility index (Phi) is 1.84. The van der Waals surface area contributed by atoms with Crippen molar-refractivity contribution < 1.29 is 4.39 Å². The highest BCUT2D eigenvalue weighted by Crippen LogP contribution is 2.17. The number of imidazole rings is 1. The van der Waals surface area contributed by atoms with E-state index in [1.54, 1.807) is 6.07 Å².